The van der Waals surface area contributed by atoms with Crippen LogP contribution in [-0.2, 0) is 4.74 Å². The van der Waals surface area contributed by atoms with Crippen molar-refractivity contribution in [2.45, 2.75) is 19.5 Å². The molecule has 1 aliphatic heterocycles. The van der Waals surface area contributed by atoms with Gasteiger partial charge in [-0.15, -0.1) is 0 Å². The molecule has 2 N–H and O–H groups in total. The fourth-order valence-corrected chi connectivity index (χ4v) is 4.05. The third kappa shape index (κ3) is 5.55. The normalized spacial score (nSPS) is 14.1. The van der Waals surface area contributed by atoms with Gasteiger partial charge in [0.15, 0.2) is 5.82 Å². The summed E-state index contributed by atoms with van der Waals surface area (Å²) in [5, 5.41) is 7.37. The summed E-state index contributed by atoms with van der Waals surface area (Å²) in [6.45, 7) is 2.76. The predicted molar refractivity (Wildman–Crippen MR) is 133 cm³/mol. The standard InChI is InChI=1S/C26H24F2N6O2/c1-16(17-7-11-35-12-8-17)31-19-5-6-22-21(14-19)24(34-25(33-22)23-15-29-9-10-30-23)32-18-3-2-4-20(13-18)36-26(27)28/h2-6,9-10,13-15,17,26,31H,1,7-8,11-12H2,(H,32,33,34). The quantitative estimate of drug-likeness (QED) is 0.321. The van der Waals surface area contributed by atoms with Crippen LogP contribution in [0.1, 0.15) is 12.8 Å². The second-order valence-electron chi connectivity index (χ2n) is 8.29. The zero-order valence-corrected chi connectivity index (χ0v) is 19.3. The van der Waals surface area contributed by atoms with E-state index in [1.807, 2.05) is 18.2 Å². The Morgan fingerprint density at radius 2 is 1.92 bits per heavy atom. The van der Waals surface area contributed by atoms with Crippen molar-refractivity contribution in [3.05, 3.63) is 73.3 Å². The SMILES string of the molecule is C=C(Nc1ccc2nc(-c3cnccn3)nc(Nc3cccc(OC(F)F)c3)c2c1)C1CCOCC1. The highest BCUT2D eigenvalue weighted by molar-refractivity contribution is 5.94. The maximum atomic E-state index is 12.7. The first-order valence-corrected chi connectivity index (χ1v) is 11.5. The molecule has 0 bridgehead atoms. The van der Waals surface area contributed by atoms with E-state index < -0.39 is 6.61 Å². The van der Waals surface area contributed by atoms with E-state index in [-0.39, 0.29) is 5.75 Å². The first-order valence-electron chi connectivity index (χ1n) is 11.5. The van der Waals surface area contributed by atoms with Gasteiger partial charge in [-0.3, -0.25) is 4.98 Å². The molecule has 36 heavy (non-hydrogen) atoms. The highest BCUT2D eigenvalue weighted by atomic mass is 19.3. The van der Waals surface area contributed by atoms with E-state index in [4.69, 9.17) is 4.74 Å². The van der Waals surface area contributed by atoms with Crippen molar-refractivity contribution in [1.29, 1.82) is 0 Å². The second-order valence-corrected chi connectivity index (χ2v) is 8.29. The van der Waals surface area contributed by atoms with Gasteiger partial charge in [0.05, 0.1) is 11.7 Å². The van der Waals surface area contributed by atoms with Crippen LogP contribution in [0, 0.1) is 5.92 Å². The molecule has 1 saturated heterocycles. The average molecular weight is 491 g/mol. The fraction of sp³-hybridized carbons (Fsp3) is 0.231. The minimum Gasteiger partial charge on any atom is -0.435 e. The molecule has 0 unspecified atom stereocenters. The van der Waals surface area contributed by atoms with Gasteiger partial charge in [-0.2, -0.15) is 8.78 Å². The smallest absolute Gasteiger partial charge is 0.387 e. The number of hydrogen-bond acceptors (Lipinski definition) is 8. The zero-order valence-electron chi connectivity index (χ0n) is 19.3. The largest absolute Gasteiger partial charge is 0.435 e. The van der Waals surface area contributed by atoms with Crippen LogP contribution in [0.2, 0.25) is 0 Å². The number of anilines is 3. The molecule has 10 heteroatoms. The summed E-state index contributed by atoms with van der Waals surface area (Å²) in [4.78, 5) is 17.8. The Balaban J connectivity index is 1.51. The van der Waals surface area contributed by atoms with Crippen LogP contribution < -0.4 is 15.4 Å². The molecule has 1 aliphatic rings. The van der Waals surface area contributed by atoms with E-state index in [1.165, 1.54) is 12.1 Å². The molecule has 1 fully saturated rings. The van der Waals surface area contributed by atoms with Crippen LogP contribution in [0.25, 0.3) is 22.4 Å². The average Bonchev–Trinajstić information content (AvgIpc) is 2.89. The first-order chi connectivity index (χ1) is 17.5. The Labute approximate surface area is 206 Å². The van der Waals surface area contributed by atoms with Crippen LogP contribution in [-0.4, -0.2) is 39.8 Å². The number of rotatable bonds is 8. The van der Waals surface area contributed by atoms with Gasteiger partial charge in [-0.05, 0) is 43.2 Å². The maximum absolute atomic E-state index is 12.7. The van der Waals surface area contributed by atoms with E-state index in [2.05, 4.69) is 41.9 Å². The van der Waals surface area contributed by atoms with E-state index in [9.17, 15) is 8.78 Å². The van der Waals surface area contributed by atoms with Crippen molar-refractivity contribution >= 4 is 28.1 Å². The van der Waals surface area contributed by atoms with Gasteiger partial charge >= 0.3 is 6.61 Å². The number of nitrogens with zero attached hydrogens (tertiary/aromatic N) is 4. The number of benzene rings is 2. The number of ether oxygens (including phenoxy) is 2. The molecule has 0 aliphatic carbocycles. The summed E-state index contributed by atoms with van der Waals surface area (Å²) in [6.07, 6.45) is 6.56. The lowest BCUT2D eigenvalue weighted by molar-refractivity contribution is -0.0498. The topological polar surface area (TPSA) is 94.1 Å². The Bertz CT molecular complexity index is 1360. The molecule has 0 spiro atoms. The van der Waals surface area contributed by atoms with Gasteiger partial charge in [0.25, 0.3) is 0 Å². The summed E-state index contributed by atoms with van der Waals surface area (Å²) < 4.78 is 35.4. The van der Waals surface area contributed by atoms with Crippen molar-refractivity contribution < 1.29 is 18.3 Å². The highest BCUT2D eigenvalue weighted by Gasteiger charge is 2.18. The molecule has 4 aromatic rings. The fourth-order valence-electron chi connectivity index (χ4n) is 4.05. The Kier molecular flexibility index (Phi) is 6.94. The minimum atomic E-state index is -2.92. The van der Waals surface area contributed by atoms with Gasteiger partial charge in [0.1, 0.15) is 17.3 Å². The molecule has 2 aromatic heterocycles. The van der Waals surface area contributed by atoms with E-state index in [0.717, 1.165) is 42.8 Å². The van der Waals surface area contributed by atoms with Crippen molar-refractivity contribution in [3.63, 3.8) is 0 Å². The molecule has 0 radical (unpaired) electrons. The molecule has 184 valence electrons. The third-order valence-electron chi connectivity index (χ3n) is 5.83. The number of aromatic nitrogens is 4. The van der Waals surface area contributed by atoms with Gasteiger partial charge in [-0.1, -0.05) is 12.6 Å². The molecular formula is C26H24F2N6O2. The number of halogens is 2. The molecule has 0 amide bonds. The van der Waals surface area contributed by atoms with Crippen LogP contribution >= 0.6 is 0 Å². The molecule has 0 atom stereocenters. The lowest BCUT2D eigenvalue weighted by Gasteiger charge is -2.25. The molecule has 8 nitrogen and oxygen atoms in total. The maximum Gasteiger partial charge on any atom is 0.387 e. The molecule has 0 saturated carbocycles. The van der Waals surface area contributed by atoms with Crippen molar-refractivity contribution in [2.75, 3.05) is 23.8 Å². The lowest BCUT2D eigenvalue weighted by Crippen LogP contribution is -2.20. The summed E-state index contributed by atoms with van der Waals surface area (Å²) >= 11 is 0. The second kappa shape index (κ2) is 10.6. The summed E-state index contributed by atoms with van der Waals surface area (Å²) in [5.41, 5.74) is 3.49. The lowest BCUT2D eigenvalue weighted by atomic mass is 9.97. The monoisotopic (exact) mass is 490 g/mol. The number of fused-ring (bicyclic) bond motifs is 1. The number of allylic oxidation sites excluding steroid dienone is 1. The number of hydrogen-bond donors (Lipinski definition) is 2. The summed E-state index contributed by atoms with van der Waals surface area (Å²) in [5.74, 6) is 1.23. The first kappa shape index (κ1) is 23.6. The van der Waals surface area contributed by atoms with Crippen LogP contribution in [0.3, 0.4) is 0 Å². The van der Waals surface area contributed by atoms with Crippen molar-refractivity contribution in [3.8, 4) is 17.3 Å². The minimum absolute atomic E-state index is 0.0395. The third-order valence-corrected chi connectivity index (χ3v) is 5.83. The Morgan fingerprint density at radius 3 is 2.69 bits per heavy atom. The van der Waals surface area contributed by atoms with Crippen LogP contribution in [0.4, 0.5) is 26.0 Å². The summed E-state index contributed by atoms with van der Waals surface area (Å²) in [6, 6.07) is 12.1. The molecule has 3 heterocycles. The van der Waals surface area contributed by atoms with Gasteiger partial charge in [0.2, 0.25) is 0 Å². The highest BCUT2D eigenvalue weighted by Crippen LogP contribution is 2.31. The van der Waals surface area contributed by atoms with Crippen molar-refractivity contribution in [2.24, 2.45) is 5.92 Å². The van der Waals surface area contributed by atoms with Gasteiger partial charge < -0.3 is 20.1 Å². The number of nitrogens with one attached hydrogen (secondary N) is 2. The van der Waals surface area contributed by atoms with Crippen LogP contribution in [0.5, 0.6) is 5.75 Å². The predicted octanol–water partition coefficient (Wildman–Crippen LogP) is 5.78. The molecule has 5 rings (SSSR count). The van der Waals surface area contributed by atoms with Gasteiger partial charge in [-0.25, -0.2) is 15.0 Å². The van der Waals surface area contributed by atoms with E-state index >= 15 is 0 Å². The zero-order chi connectivity index (χ0) is 24.9. The molecule has 2 aromatic carbocycles. The van der Waals surface area contributed by atoms with Crippen LogP contribution in [0.15, 0.2) is 73.3 Å². The Morgan fingerprint density at radius 1 is 1.06 bits per heavy atom. The van der Waals surface area contributed by atoms with Gasteiger partial charge in [0, 0.05) is 60.0 Å². The van der Waals surface area contributed by atoms with Crippen molar-refractivity contribution in [1.82, 2.24) is 19.9 Å². The molecular weight excluding hydrogens is 466 g/mol. The number of alkyl halides is 2. The van der Waals surface area contributed by atoms with E-state index in [1.54, 1.807) is 30.7 Å². The van der Waals surface area contributed by atoms with E-state index in [0.29, 0.717) is 34.5 Å². The Hall–Kier alpha value is -4.18. The summed E-state index contributed by atoms with van der Waals surface area (Å²) in [7, 11) is 0.